The lowest BCUT2D eigenvalue weighted by Crippen LogP contribution is -2.62. The molecule has 5 rings (SSSR count). The molecular formula is C21H20ClN5O3. The molecule has 30 heavy (non-hydrogen) atoms. The van der Waals surface area contributed by atoms with Gasteiger partial charge >= 0.3 is 0 Å². The van der Waals surface area contributed by atoms with E-state index in [1.165, 1.54) is 0 Å². The molecule has 8 nitrogen and oxygen atoms in total. The third-order valence-corrected chi connectivity index (χ3v) is 5.79. The lowest BCUT2D eigenvalue weighted by molar-refractivity contribution is 0.0610. The summed E-state index contributed by atoms with van der Waals surface area (Å²) in [5, 5.41) is 11.2. The number of halogens is 1. The molecule has 3 aromatic rings. The number of aromatic nitrogens is 2. The highest BCUT2D eigenvalue weighted by Gasteiger charge is 2.41. The molecular weight excluding hydrogens is 406 g/mol. The van der Waals surface area contributed by atoms with Crippen molar-refractivity contribution in [1.82, 2.24) is 20.0 Å². The Morgan fingerprint density at radius 3 is 2.73 bits per heavy atom. The molecule has 9 heteroatoms. The number of fused-ring (bicyclic) bond motifs is 1. The van der Waals surface area contributed by atoms with Crippen LogP contribution in [0.3, 0.4) is 0 Å². The molecule has 0 saturated carbocycles. The number of carbonyl (C=O) groups excluding carboxylic acids is 2. The van der Waals surface area contributed by atoms with Crippen molar-refractivity contribution in [1.29, 1.82) is 0 Å². The predicted octanol–water partition coefficient (Wildman–Crippen LogP) is 2.97. The lowest BCUT2D eigenvalue weighted by Gasteiger charge is -2.45. The Hall–Kier alpha value is -3.26. The summed E-state index contributed by atoms with van der Waals surface area (Å²) in [5.41, 5.74) is 0.939. The van der Waals surface area contributed by atoms with Gasteiger partial charge in [0.15, 0.2) is 5.76 Å². The zero-order chi connectivity index (χ0) is 20.7. The largest absolute Gasteiger partial charge is 0.454 e. The number of hydrogen-bond acceptors (Lipinski definition) is 5. The second-order valence-electron chi connectivity index (χ2n) is 7.62. The topological polar surface area (TPSA) is 92.4 Å². The standard InChI is InChI=1S/C21H20ClN5O3/c22-14-11-23-27(12-14)13-15-5-6-18(30-15)20(29)26-9-7-21(8-10-26)24-17-4-2-1-3-16(17)19(28)25-21/h1-6,11-12,24H,7-10,13H2,(H,25,28). The Balaban J connectivity index is 1.24. The van der Waals surface area contributed by atoms with Crippen LogP contribution in [0, 0.1) is 0 Å². The molecule has 2 aliphatic heterocycles. The molecule has 1 aromatic carbocycles. The molecule has 1 fully saturated rings. The minimum Gasteiger partial charge on any atom is -0.454 e. The van der Waals surface area contributed by atoms with Crippen LogP contribution in [0.2, 0.25) is 5.02 Å². The van der Waals surface area contributed by atoms with Crippen molar-refractivity contribution < 1.29 is 14.0 Å². The van der Waals surface area contributed by atoms with E-state index in [0.717, 1.165) is 5.69 Å². The van der Waals surface area contributed by atoms with Crippen molar-refractivity contribution in [3.63, 3.8) is 0 Å². The van der Waals surface area contributed by atoms with Gasteiger partial charge in [0, 0.05) is 37.8 Å². The second-order valence-corrected chi connectivity index (χ2v) is 8.06. The number of carbonyl (C=O) groups is 2. The van der Waals surface area contributed by atoms with Gasteiger partial charge in [-0.3, -0.25) is 14.3 Å². The summed E-state index contributed by atoms with van der Waals surface area (Å²) >= 11 is 5.88. The van der Waals surface area contributed by atoms with E-state index >= 15 is 0 Å². The first-order chi connectivity index (χ1) is 14.5. The Morgan fingerprint density at radius 1 is 1.17 bits per heavy atom. The van der Waals surface area contributed by atoms with Crippen molar-refractivity contribution in [3.8, 4) is 0 Å². The second kappa shape index (κ2) is 7.21. The first-order valence-electron chi connectivity index (χ1n) is 9.77. The highest BCUT2D eigenvalue weighted by molar-refractivity contribution is 6.30. The van der Waals surface area contributed by atoms with Crippen molar-refractivity contribution in [2.45, 2.75) is 25.0 Å². The number of hydrogen-bond donors (Lipinski definition) is 2. The third-order valence-electron chi connectivity index (χ3n) is 5.59. The molecule has 1 spiro atoms. The Bertz CT molecular complexity index is 1110. The Kier molecular flexibility index (Phi) is 4.51. The number of likely N-dealkylation sites (tertiary alicyclic amines) is 1. The maximum absolute atomic E-state index is 12.9. The summed E-state index contributed by atoms with van der Waals surface area (Å²) in [4.78, 5) is 27.1. The van der Waals surface area contributed by atoms with E-state index in [1.54, 1.807) is 40.2 Å². The fraction of sp³-hybridized carbons (Fsp3) is 0.286. The fourth-order valence-corrected chi connectivity index (χ4v) is 4.18. The predicted molar refractivity (Wildman–Crippen MR) is 110 cm³/mol. The molecule has 4 heterocycles. The van der Waals surface area contributed by atoms with Crippen LogP contribution in [0.1, 0.15) is 39.5 Å². The maximum Gasteiger partial charge on any atom is 0.289 e. The number of nitrogens with one attached hydrogen (secondary N) is 2. The van der Waals surface area contributed by atoms with Crippen LogP contribution >= 0.6 is 11.6 Å². The van der Waals surface area contributed by atoms with Gasteiger partial charge in [-0.05, 0) is 24.3 Å². The average molecular weight is 426 g/mol. The van der Waals surface area contributed by atoms with Gasteiger partial charge in [0.2, 0.25) is 0 Å². The third kappa shape index (κ3) is 3.43. The van der Waals surface area contributed by atoms with Crippen LogP contribution in [0.4, 0.5) is 5.69 Å². The maximum atomic E-state index is 12.9. The Morgan fingerprint density at radius 2 is 1.97 bits per heavy atom. The zero-order valence-corrected chi connectivity index (χ0v) is 16.9. The normalized spacial score (nSPS) is 17.4. The highest BCUT2D eigenvalue weighted by Crippen LogP contribution is 2.31. The van der Waals surface area contributed by atoms with Gasteiger partial charge in [0.1, 0.15) is 11.4 Å². The number of anilines is 1. The molecule has 0 atom stereocenters. The highest BCUT2D eigenvalue weighted by atomic mass is 35.5. The molecule has 0 radical (unpaired) electrons. The van der Waals surface area contributed by atoms with Crippen LogP contribution in [0.25, 0.3) is 0 Å². The van der Waals surface area contributed by atoms with Crippen LogP contribution in [-0.2, 0) is 6.54 Å². The molecule has 0 aliphatic carbocycles. The smallest absolute Gasteiger partial charge is 0.289 e. The number of rotatable bonds is 3. The van der Waals surface area contributed by atoms with E-state index in [0.29, 0.717) is 54.6 Å². The van der Waals surface area contributed by atoms with Crippen LogP contribution in [0.15, 0.2) is 53.2 Å². The number of furan rings is 1. The molecule has 2 amide bonds. The van der Waals surface area contributed by atoms with Gasteiger partial charge in [0.05, 0.1) is 23.3 Å². The van der Waals surface area contributed by atoms with Crippen LogP contribution in [-0.4, -0.2) is 45.2 Å². The summed E-state index contributed by atoms with van der Waals surface area (Å²) in [7, 11) is 0. The number of nitrogens with zero attached hydrogens (tertiary/aromatic N) is 3. The molecule has 1 saturated heterocycles. The van der Waals surface area contributed by atoms with Crippen LogP contribution < -0.4 is 10.6 Å². The zero-order valence-electron chi connectivity index (χ0n) is 16.1. The van der Waals surface area contributed by atoms with E-state index in [2.05, 4.69) is 15.7 Å². The van der Waals surface area contributed by atoms with Gasteiger partial charge in [-0.25, -0.2) is 0 Å². The quantitative estimate of drug-likeness (QED) is 0.673. The van der Waals surface area contributed by atoms with E-state index in [-0.39, 0.29) is 11.8 Å². The molecule has 0 bridgehead atoms. The minimum absolute atomic E-state index is 0.0847. The number of amides is 2. The lowest BCUT2D eigenvalue weighted by atomic mass is 9.92. The summed E-state index contributed by atoms with van der Waals surface area (Å²) in [6, 6.07) is 10.9. The van der Waals surface area contributed by atoms with E-state index in [4.69, 9.17) is 16.0 Å². The van der Waals surface area contributed by atoms with Gasteiger partial charge in [-0.1, -0.05) is 23.7 Å². The summed E-state index contributed by atoms with van der Waals surface area (Å²) in [5.74, 6) is 0.685. The van der Waals surface area contributed by atoms with Gasteiger partial charge in [0.25, 0.3) is 11.8 Å². The van der Waals surface area contributed by atoms with Gasteiger partial charge in [-0.2, -0.15) is 5.10 Å². The first-order valence-corrected chi connectivity index (χ1v) is 10.1. The van der Waals surface area contributed by atoms with E-state index in [9.17, 15) is 9.59 Å². The number of para-hydroxylation sites is 1. The van der Waals surface area contributed by atoms with Crippen molar-refractivity contribution in [2.24, 2.45) is 0 Å². The summed E-state index contributed by atoms with van der Waals surface area (Å²) < 4.78 is 7.38. The molecule has 2 aromatic heterocycles. The monoisotopic (exact) mass is 425 g/mol. The summed E-state index contributed by atoms with van der Waals surface area (Å²) in [6.45, 7) is 1.43. The van der Waals surface area contributed by atoms with Crippen molar-refractivity contribution >= 4 is 29.1 Å². The molecule has 2 N–H and O–H groups in total. The summed E-state index contributed by atoms with van der Waals surface area (Å²) in [6.07, 6.45) is 4.46. The molecule has 2 aliphatic rings. The van der Waals surface area contributed by atoms with Gasteiger partial charge < -0.3 is 20.0 Å². The van der Waals surface area contributed by atoms with Crippen molar-refractivity contribution in [2.75, 3.05) is 18.4 Å². The minimum atomic E-state index is -0.532. The fourth-order valence-electron chi connectivity index (χ4n) is 4.02. The number of piperidine rings is 1. The van der Waals surface area contributed by atoms with E-state index < -0.39 is 5.66 Å². The van der Waals surface area contributed by atoms with Crippen molar-refractivity contribution in [3.05, 3.63) is 70.9 Å². The molecule has 154 valence electrons. The number of benzene rings is 1. The average Bonchev–Trinajstić information content (AvgIpc) is 3.37. The van der Waals surface area contributed by atoms with Crippen LogP contribution in [0.5, 0.6) is 0 Å². The molecule has 0 unspecified atom stereocenters. The first kappa shape index (κ1) is 18.7. The van der Waals surface area contributed by atoms with Gasteiger partial charge in [-0.15, -0.1) is 0 Å². The SMILES string of the molecule is O=C1NC2(CCN(C(=O)c3ccc(Cn4cc(Cl)cn4)o3)CC2)Nc2ccccc21. The van der Waals surface area contributed by atoms with E-state index in [1.807, 2.05) is 18.2 Å². The Labute approximate surface area is 177 Å².